The quantitative estimate of drug-likeness (QED) is 0.514. The molecule has 0 unspecified atom stereocenters. The van der Waals surface area contributed by atoms with E-state index in [2.05, 4.69) is 21.2 Å². The van der Waals surface area contributed by atoms with Crippen LogP contribution in [0.3, 0.4) is 0 Å². The van der Waals surface area contributed by atoms with E-state index in [0.29, 0.717) is 0 Å². The Morgan fingerprint density at radius 3 is 2.35 bits per heavy atom. The van der Waals surface area contributed by atoms with Crippen molar-refractivity contribution in [1.82, 2.24) is 0 Å². The zero-order valence-electron chi connectivity index (χ0n) is 9.52. The number of halogens is 2. The molecule has 0 radical (unpaired) electrons. The molecule has 9 heteroatoms. The molecule has 0 fully saturated rings. The SMILES string of the molecule is N#CC(C#N)=C(C#N)Nc1cc([N+](=O)[O-])c(F)cc1Br. The number of nitriles is 3. The van der Waals surface area contributed by atoms with Gasteiger partial charge in [0.2, 0.25) is 5.82 Å². The van der Waals surface area contributed by atoms with Crippen LogP contribution in [0.2, 0.25) is 0 Å². The second-order valence-corrected chi connectivity index (χ2v) is 4.11. The highest BCUT2D eigenvalue weighted by molar-refractivity contribution is 9.10. The third-order valence-corrected chi connectivity index (χ3v) is 2.73. The van der Waals surface area contributed by atoms with Crippen LogP contribution >= 0.6 is 15.9 Å². The molecule has 1 N–H and O–H groups in total. The van der Waals surface area contributed by atoms with Crippen LogP contribution in [-0.2, 0) is 0 Å². The summed E-state index contributed by atoms with van der Waals surface area (Å²) in [5, 5.41) is 39.2. The number of nitro groups is 1. The van der Waals surface area contributed by atoms with E-state index in [4.69, 9.17) is 15.8 Å². The van der Waals surface area contributed by atoms with Crippen LogP contribution in [-0.4, -0.2) is 4.92 Å². The number of anilines is 1. The molecule has 0 heterocycles. The van der Waals surface area contributed by atoms with Crippen molar-refractivity contribution in [3.05, 3.63) is 43.8 Å². The van der Waals surface area contributed by atoms with E-state index in [1.54, 1.807) is 6.07 Å². The Balaban J connectivity index is 3.37. The molecule has 0 saturated carbocycles. The summed E-state index contributed by atoms with van der Waals surface area (Å²) in [5.41, 5.74) is -1.70. The van der Waals surface area contributed by atoms with Crippen LogP contribution in [0.25, 0.3) is 0 Å². The van der Waals surface area contributed by atoms with Gasteiger partial charge in [0.1, 0.15) is 23.9 Å². The normalized spacial score (nSPS) is 8.75. The summed E-state index contributed by atoms with van der Waals surface area (Å²) < 4.78 is 13.4. The van der Waals surface area contributed by atoms with Gasteiger partial charge in [0.05, 0.1) is 10.6 Å². The Hall–Kier alpha value is -2.96. The lowest BCUT2D eigenvalue weighted by Crippen LogP contribution is -2.03. The Morgan fingerprint density at radius 1 is 1.30 bits per heavy atom. The number of nitrogens with zero attached hydrogens (tertiary/aromatic N) is 4. The molecule has 98 valence electrons. The minimum atomic E-state index is -1.06. The van der Waals surface area contributed by atoms with Gasteiger partial charge < -0.3 is 5.32 Å². The van der Waals surface area contributed by atoms with Crippen molar-refractivity contribution in [2.45, 2.75) is 0 Å². The zero-order chi connectivity index (χ0) is 15.3. The van der Waals surface area contributed by atoms with Gasteiger partial charge in [-0.1, -0.05) is 0 Å². The molecule has 0 amide bonds. The van der Waals surface area contributed by atoms with Gasteiger partial charge in [-0.05, 0) is 22.0 Å². The number of rotatable bonds is 3. The van der Waals surface area contributed by atoms with Gasteiger partial charge in [-0.15, -0.1) is 0 Å². The number of nitro benzene ring substituents is 1. The Bertz CT molecular complexity index is 723. The molecule has 0 aliphatic heterocycles. The lowest BCUT2D eigenvalue weighted by molar-refractivity contribution is -0.387. The number of nitrogens with one attached hydrogen (secondary N) is 1. The Morgan fingerprint density at radius 2 is 1.90 bits per heavy atom. The zero-order valence-corrected chi connectivity index (χ0v) is 11.1. The van der Waals surface area contributed by atoms with E-state index < -0.39 is 27.7 Å². The van der Waals surface area contributed by atoms with Gasteiger partial charge in [0.15, 0.2) is 5.57 Å². The van der Waals surface area contributed by atoms with E-state index in [-0.39, 0.29) is 10.2 Å². The second kappa shape index (κ2) is 6.28. The maximum atomic E-state index is 13.3. The van der Waals surface area contributed by atoms with Crippen molar-refractivity contribution in [3.63, 3.8) is 0 Å². The van der Waals surface area contributed by atoms with Crippen LogP contribution in [0.1, 0.15) is 0 Å². The first-order valence-corrected chi connectivity index (χ1v) is 5.59. The van der Waals surface area contributed by atoms with Crippen molar-refractivity contribution in [3.8, 4) is 18.2 Å². The summed E-state index contributed by atoms with van der Waals surface area (Å²) in [6.07, 6.45) is 0. The first-order valence-electron chi connectivity index (χ1n) is 4.79. The van der Waals surface area contributed by atoms with Gasteiger partial charge >= 0.3 is 5.69 Å². The summed E-state index contributed by atoms with van der Waals surface area (Å²) in [4.78, 5) is 9.70. The highest BCUT2D eigenvalue weighted by Crippen LogP contribution is 2.31. The summed E-state index contributed by atoms with van der Waals surface area (Å²) in [6, 6.07) is 6.28. The highest BCUT2D eigenvalue weighted by atomic mass is 79.9. The van der Waals surface area contributed by atoms with Gasteiger partial charge in [-0.25, -0.2) is 0 Å². The fourth-order valence-corrected chi connectivity index (χ4v) is 1.61. The number of hydrogen-bond donors (Lipinski definition) is 1. The van der Waals surface area contributed by atoms with Gasteiger partial charge in [-0.2, -0.15) is 20.2 Å². The lowest BCUT2D eigenvalue weighted by atomic mass is 10.2. The summed E-state index contributed by atoms with van der Waals surface area (Å²) in [5.74, 6) is -1.06. The standard InChI is InChI=1S/C11H3BrFN5O2/c12-7-1-8(13)11(18(19)20)2-9(7)17-10(5-16)6(3-14)4-15/h1-2,17H. The fourth-order valence-electron chi connectivity index (χ4n) is 1.19. The summed E-state index contributed by atoms with van der Waals surface area (Å²) in [7, 11) is 0. The first-order chi connectivity index (χ1) is 9.44. The van der Waals surface area contributed by atoms with Crippen molar-refractivity contribution in [2.24, 2.45) is 0 Å². The van der Waals surface area contributed by atoms with Crippen molar-refractivity contribution < 1.29 is 9.31 Å². The predicted octanol–water partition coefficient (Wildman–Crippen LogP) is 2.73. The van der Waals surface area contributed by atoms with Crippen molar-refractivity contribution in [1.29, 1.82) is 15.8 Å². The minimum absolute atomic E-state index is 0.0161. The van der Waals surface area contributed by atoms with Crippen LogP contribution in [0.4, 0.5) is 15.8 Å². The summed E-state index contributed by atoms with van der Waals surface area (Å²) >= 11 is 2.96. The highest BCUT2D eigenvalue weighted by Gasteiger charge is 2.18. The molecule has 7 nitrogen and oxygen atoms in total. The van der Waals surface area contributed by atoms with E-state index >= 15 is 0 Å². The van der Waals surface area contributed by atoms with Crippen LogP contribution in [0.5, 0.6) is 0 Å². The molecular weight excluding hydrogens is 333 g/mol. The number of allylic oxidation sites excluding steroid dienone is 2. The largest absolute Gasteiger partial charge is 0.344 e. The molecule has 1 rings (SSSR count). The molecule has 0 saturated heterocycles. The minimum Gasteiger partial charge on any atom is -0.344 e. The molecule has 1 aromatic rings. The average Bonchev–Trinajstić information content (AvgIpc) is 2.40. The molecular formula is C11H3BrFN5O2. The molecule has 0 bridgehead atoms. The van der Waals surface area contributed by atoms with Crippen LogP contribution in [0.15, 0.2) is 27.9 Å². The number of hydrogen-bond acceptors (Lipinski definition) is 6. The molecule has 0 spiro atoms. The second-order valence-electron chi connectivity index (χ2n) is 3.25. The summed E-state index contributed by atoms with van der Waals surface area (Å²) in [6.45, 7) is 0. The van der Waals surface area contributed by atoms with Gasteiger partial charge in [-0.3, -0.25) is 10.1 Å². The van der Waals surface area contributed by atoms with Gasteiger partial charge in [0, 0.05) is 10.5 Å². The van der Waals surface area contributed by atoms with E-state index in [9.17, 15) is 14.5 Å². The van der Waals surface area contributed by atoms with E-state index in [0.717, 1.165) is 12.1 Å². The maximum absolute atomic E-state index is 13.3. The maximum Gasteiger partial charge on any atom is 0.306 e. The Labute approximate surface area is 120 Å². The molecule has 1 aromatic carbocycles. The first kappa shape index (κ1) is 15.1. The third kappa shape index (κ3) is 3.08. The molecule has 0 aliphatic carbocycles. The molecule has 0 atom stereocenters. The fraction of sp³-hybridized carbons (Fsp3) is 0. The topological polar surface area (TPSA) is 127 Å². The van der Waals surface area contributed by atoms with Crippen molar-refractivity contribution >= 4 is 27.3 Å². The third-order valence-electron chi connectivity index (χ3n) is 2.08. The monoisotopic (exact) mass is 335 g/mol. The molecule has 0 aromatic heterocycles. The lowest BCUT2D eigenvalue weighted by Gasteiger charge is -2.07. The smallest absolute Gasteiger partial charge is 0.306 e. The van der Waals surface area contributed by atoms with E-state index in [1.807, 2.05) is 0 Å². The van der Waals surface area contributed by atoms with E-state index in [1.165, 1.54) is 12.1 Å². The molecule has 20 heavy (non-hydrogen) atoms. The van der Waals surface area contributed by atoms with Crippen molar-refractivity contribution in [2.75, 3.05) is 5.32 Å². The predicted molar refractivity (Wildman–Crippen MR) is 68.2 cm³/mol. The molecule has 0 aliphatic rings. The Kier molecular flexibility index (Phi) is 4.74. The van der Waals surface area contributed by atoms with Gasteiger partial charge in [0.25, 0.3) is 0 Å². The average molecular weight is 336 g/mol. The van der Waals surface area contributed by atoms with Crippen LogP contribution in [0, 0.1) is 49.9 Å². The number of benzene rings is 1. The van der Waals surface area contributed by atoms with Crippen LogP contribution < -0.4 is 5.32 Å².